The van der Waals surface area contributed by atoms with E-state index in [-0.39, 0.29) is 6.04 Å². The van der Waals surface area contributed by atoms with Crippen LogP contribution in [-0.4, -0.2) is 30.4 Å². The van der Waals surface area contributed by atoms with Gasteiger partial charge in [-0.3, -0.25) is 0 Å². The third-order valence-corrected chi connectivity index (χ3v) is 5.72. The molecule has 1 saturated carbocycles. The summed E-state index contributed by atoms with van der Waals surface area (Å²) in [4.78, 5) is 4.68. The van der Waals surface area contributed by atoms with E-state index in [4.69, 9.17) is 0 Å². The van der Waals surface area contributed by atoms with Crippen LogP contribution in [0.4, 0.5) is 0 Å². The Morgan fingerprint density at radius 1 is 0.885 bits per heavy atom. The van der Waals surface area contributed by atoms with Crippen molar-refractivity contribution in [1.82, 2.24) is 9.80 Å². The molecule has 0 aliphatic heterocycles. The fraction of sp³-hybridized carbons (Fsp3) is 0.417. The van der Waals surface area contributed by atoms with Gasteiger partial charge >= 0.3 is 0 Å². The highest BCUT2D eigenvalue weighted by Gasteiger charge is 2.23. The molecule has 0 bridgehead atoms. The average molecular weight is 349 g/mol. The quantitative estimate of drug-likeness (QED) is 0.634. The summed E-state index contributed by atoms with van der Waals surface area (Å²) in [7, 11) is 4.37. The van der Waals surface area contributed by atoms with Gasteiger partial charge in [0.15, 0.2) is 0 Å². The van der Waals surface area contributed by atoms with Crippen molar-refractivity contribution >= 4 is 0 Å². The minimum atomic E-state index is 0.179. The van der Waals surface area contributed by atoms with Gasteiger partial charge in [0.25, 0.3) is 0 Å². The molecule has 138 valence electrons. The highest BCUT2D eigenvalue weighted by Crippen LogP contribution is 2.31. The van der Waals surface area contributed by atoms with Gasteiger partial charge in [-0.15, -0.1) is 0 Å². The monoisotopic (exact) mass is 348 g/mol. The third-order valence-electron chi connectivity index (χ3n) is 5.72. The molecule has 2 aromatic rings. The number of nitrogens with zero attached hydrogens (tertiary/aromatic N) is 2. The van der Waals surface area contributed by atoms with Crippen LogP contribution in [0.25, 0.3) is 0 Å². The topological polar surface area (TPSA) is 6.48 Å². The van der Waals surface area contributed by atoms with Gasteiger partial charge in [-0.25, -0.2) is 0 Å². The maximum Gasteiger partial charge on any atom is 0.0967 e. The van der Waals surface area contributed by atoms with Gasteiger partial charge in [0.2, 0.25) is 0 Å². The molecule has 2 heteroatoms. The lowest BCUT2D eigenvalue weighted by atomic mass is 9.89. The number of rotatable bonds is 7. The van der Waals surface area contributed by atoms with Gasteiger partial charge < -0.3 is 9.80 Å². The summed E-state index contributed by atoms with van der Waals surface area (Å²) in [6.45, 7) is 5.55. The number of hydrogen-bond donors (Lipinski definition) is 0. The van der Waals surface area contributed by atoms with Crippen LogP contribution in [0, 0.1) is 5.92 Å². The van der Waals surface area contributed by atoms with Crippen LogP contribution in [0.2, 0.25) is 0 Å². The summed E-state index contributed by atoms with van der Waals surface area (Å²) in [5.41, 5.74) is 2.60. The van der Waals surface area contributed by atoms with Gasteiger partial charge in [-0.2, -0.15) is 0 Å². The molecule has 26 heavy (non-hydrogen) atoms. The van der Waals surface area contributed by atoms with E-state index in [1.54, 1.807) is 0 Å². The van der Waals surface area contributed by atoms with Gasteiger partial charge in [0, 0.05) is 20.6 Å². The van der Waals surface area contributed by atoms with Gasteiger partial charge in [-0.1, -0.05) is 86.5 Å². The Morgan fingerprint density at radius 2 is 1.38 bits per heavy atom. The Bertz CT molecular complexity index is 634. The van der Waals surface area contributed by atoms with Crippen molar-refractivity contribution in [3.05, 3.63) is 84.2 Å². The molecule has 0 spiro atoms. The summed E-state index contributed by atoms with van der Waals surface area (Å²) in [6.07, 6.45) is 6.91. The lowest BCUT2D eigenvalue weighted by Gasteiger charge is -2.38. The predicted molar refractivity (Wildman–Crippen MR) is 111 cm³/mol. The zero-order valence-electron chi connectivity index (χ0n) is 16.3. The zero-order chi connectivity index (χ0) is 18.4. The molecule has 2 aromatic carbocycles. The second kappa shape index (κ2) is 8.93. The largest absolute Gasteiger partial charge is 0.362 e. The Hall–Kier alpha value is -2.22. The lowest BCUT2D eigenvalue weighted by molar-refractivity contribution is 0.198. The van der Waals surface area contributed by atoms with E-state index >= 15 is 0 Å². The molecule has 0 amide bonds. The van der Waals surface area contributed by atoms with Crippen molar-refractivity contribution < 1.29 is 0 Å². The number of benzene rings is 2. The van der Waals surface area contributed by atoms with E-state index in [2.05, 4.69) is 91.1 Å². The fourth-order valence-electron chi connectivity index (χ4n) is 4.19. The standard InChI is InChI=1S/C24H32N2/c1-20(25(2)19-21-13-7-4-8-14-21)26(3)24(22-15-9-5-10-16-22)23-17-11-6-12-18-23/h5-6,9-12,15-18,21,24H,1,4,7-8,13-14,19H2,2-3H3. The maximum atomic E-state index is 4.44. The summed E-state index contributed by atoms with van der Waals surface area (Å²) in [5, 5.41) is 0. The van der Waals surface area contributed by atoms with Crippen molar-refractivity contribution in [2.24, 2.45) is 5.92 Å². The fourth-order valence-corrected chi connectivity index (χ4v) is 4.19. The molecule has 3 rings (SSSR count). The first-order valence-electron chi connectivity index (χ1n) is 9.89. The Morgan fingerprint density at radius 3 is 1.88 bits per heavy atom. The van der Waals surface area contributed by atoms with Crippen molar-refractivity contribution in [1.29, 1.82) is 0 Å². The van der Waals surface area contributed by atoms with E-state index in [9.17, 15) is 0 Å². The molecule has 2 nitrogen and oxygen atoms in total. The van der Waals surface area contributed by atoms with Crippen LogP contribution in [-0.2, 0) is 0 Å². The first-order valence-corrected chi connectivity index (χ1v) is 9.89. The summed E-state index contributed by atoms with van der Waals surface area (Å²) >= 11 is 0. The molecular formula is C24H32N2. The molecule has 0 atom stereocenters. The highest BCUT2D eigenvalue weighted by molar-refractivity contribution is 5.32. The van der Waals surface area contributed by atoms with Crippen LogP contribution in [0.3, 0.4) is 0 Å². The van der Waals surface area contributed by atoms with Crippen molar-refractivity contribution in [2.75, 3.05) is 20.6 Å². The van der Waals surface area contributed by atoms with Gasteiger partial charge in [-0.05, 0) is 29.9 Å². The second-order valence-electron chi connectivity index (χ2n) is 7.64. The number of hydrogen-bond acceptors (Lipinski definition) is 2. The average Bonchev–Trinajstić information content (AvgIpc) is 2.70. The predicted octanol–water partition coefficient (Wildman–Crippen LogP) is 5.69. The van der Waals surface area contributed by atoms with Crippen LogP contribution >= 0.6 is 0 Å². The Balaban J connectivity index is 1.78. The molecule has 0 N–H and O–H groups in total. The molecule has 1 aliphatic carbocycles. The van der Waals surface area contributed by atoms with E-state index in [0.29, 0.717) is 0 Å². The molecule has 0 aromatic heterocycles. The zero-order valence-corrected chi connectivity index (χ0v) is 16.3. The van der Waals surface area contributed by atoms with E-state index < -0.39 is 0 Å². The van der Waals surface area contributed by atoms with E-state index in [1.165, 1.54) is 43.2 Å². The molecule has 0 heterocycles. The highest BCUT2D eigenvalue weighted by atomic mass is 15.3. The maximum absolute atomic E-state index is 4.44. The van der Waals surface area contributed by atoms with Crippen LogP contribution in [0.5, 0.6) is 0 Å². The Kier molecular flexibility index (Phi) is 6.38. The van der Waals surface area contributed by atoms with Gasteiger partial charge in [0.1, 0.15) is 0 Å². The van der Waals surface area contributed by atoms with Gasteiger partial charge in [0.05, 0.1) is 11.9 Å². The van der Waals surface area contributed by atoms with E-state index in [0.717, 1.165) is 18.3 Å². The molecule has 0 saturated heterocycles. The molecule has 0 unspecified atom stereocenters. The summed E-state index contributed by atoms with van der Waals surface area (Å²) in [6, 6.07) is 21.7. The van der Waals surface area contributed by atoms with Crippen LogP contribution in [0.1, 0.15) is 49.3 Å². The summed E-state index contributed by atoms with van der Waals surface area (Å²) in [5.74, 6) is 1.90. The van der Waals surface area contributed by atoms with E-state index in [1.807, 2.05) is 0 Å². The lowest BCUT2D eigenvalue weighted by Crippen LogP contribution is -2.36. The van der Waals surface area contributed by atoms with Crippen LogP contribution in [0.15, 0.2) is 73.1 Å². The molecular weight excluding hydrogens is 316 g/mol. The summed E-state index contributed by atoms with van der Waals surface area (Å²) < 4.78 is 0. The molecule has 0 radical (unpaired) electrons. The molecule has 1 fully saturated rings. The first kappa shape index (κ1) is 18.6. The van der Waals surface area contributed by atoms with Crippen molar-refractivity contribution in [2.45, 2.75) is 38.1 Å². The normalized spacial score (nSPS) is 15.0. The van der Waals surface area contributed by atoms with Crippen LogP contribution < -0.4 is 0 Å². The minimum Gasteiger partial charge on any atom is -0.362 e. The SMILES string of the molecule is C=C(N(C)CC1CCCCC1)N(C)C(c1ccccc1)c1ccccc1. The van der Waals surface area contributed by atoms with Crippen molar-refractivity contribution in [3.63, 3.8) is 0 Å². The minimum absolute atomic E-state index is 0.179. The smallest absolute Gasteiger partial charge is 0.0967 e. The van der Waals surface area contributed by atoms with Crippen molar-refractivity contribution in [3.8, 4) is 0 Å². The second-order valence-corrected chi connectivity index (χ2v) is 7.64. The Labute approximate surface area is 159 Å². The third kappa shape index (κ3) is 4.49. The molecule has 1 aliphatic rings. The first-order chi connectivity index (χ1) is 12.7.